The Bertz CT molecular complexity index is 1350. The van der Waals surface area contributed by atoms with Gasteiger partial charge in [-0.15, -0.1) is 5.73 Å². The minimum Gasteiger partial charge on any atom is -0.497 e. The van der Waals surface area contributed by atoms with Crippen LogP contribution in [0, 0.1) is 5.41 Å². The molecule has 1 aliphatic rings. The first-order valence-electron chi connectivity index (χ1n) is 10.9. The Morgan fingerprint density at radius 3 is 2.22 bits per heavy atom. The number of carbonyl (C=O) groups is 1. The summed E-state index contributed by atoms with van der Waals surface area (Å²) < 4.78 is 7.64. The van der Waals surface area contributed by atoms with Gasteiger partial charge in [-0.05, 0) is 42.2 Å². The highest BCUT2D eigenvalue weighted by atomic mass is 16.5. The van der Waals surface area contributed by atoms with E-state index in [0.717, 1.165) is 63.6 Å². The van der Waals surface area contributed by atoms with Crippen LogP contribution in [-0.2, 0) is 11.8 Å². The van der Waals surface area contributed by atoms with Gasteiger partial charge in [-0.1, -0.05) is 60.7 Å². The average molecular weight is 420 g/mol. The molecule has 0 saturated heterocycles. The zero-order chi connectivity index (χ0) is 22.1. The molecule has 1 heterocycles. The van der Waals surface area contributed by atoms with Crippen molar-refractivity contribution in [1.29, 1.82) is 0 Å². The van der Waals surface area contributed by atoms with Gasteiger partial charge in [0.2, 0.25) is 0 Å². The summed E-state index contributed by atoms with van der Waals surface area (Å²) in [6, 6.07) is 26.6. The van der Waals surface area contributed by atoms with E-state index in [-0.39, 0.29) is 0 Å². The fraction of sp³-hybridized carbons (Fsp3) is 0.172. The van der Waals surface area contributed by atoms with Crippen LogP contribution >= 0.6 is 0 Å². The smallest absolute Gasteiger partial charge is 0.131 e. The topological polar surface area (TPSA) is 31.2 Å². The third kappa shape index (κ3) is 3.47. The van der Waals surface area contributed by atoms with Crippen molar-refractivity contribution >= 4 is 28.3 Å². The summed E-state index contributed by atoms with van der Waals surface area (Å²) in [6.45, 7) is 0. The molecule has 0 amide bonds. The molecule has 0 atom stereocenters. The summed E-state index contributed by atoms with van der Waals surface area (Å²) in [4.78, 5) is 12.2. The highest BCUT2D eigenvalue weighted by Gasteiger charge is 2.46. The van der Waals surface area contributed by atoms with E-state index in [0.29, 0.717) is 0 Å². The van der Waals surface area contributed by atoms with E-state index >= 15 is 0 Å². The first kappa shape index (κ1) is 20.1. The van der Waals surface area contributed by atoms with Crippen molar-refractivity contribution in [2.75, 3.05) is 7.11 Å². The molecule has 1 aliphatic carbocycles. The number of fused-ring (bicyclic) bond motifs is 1. The largest absolute Gasteiger partial charge is 0.497 e. The Kier molecular flexibility index (Phi) is 5.05. The lowest BCUT2D eigenvalue weighted by Gasteiger charge is -2.13. The van der Waals surface area contributed by atoms with E-state index in [1.807, 2.05) is 42.5 Å². The molecule has 0 unspecified atom stereocenters. The fourth-order valence-electron chi connectivity index (χ4n) is 4.37. The van der Waals surface area contributed by atoms with E-state index in [1.165, 1.54) is 0 Å². The number of benzene rings is 3. The number of nitrogens with zero attached hydrogens (tertiary/aromatic N) is 1. The monoisotopic (exact) mass is 419 g/mol. The summed E-state index contributed by atoms with van der Waals surface area (Å²) >= 11 is 0. The SMILES string of the molecule is COc1ccc2c(c1)c(C(=C=C(c1ccccc1)C1(C=O)CC1)c1ccccc1)cn2C. The molecule has 1 saturated carbocycles. The Hall–Kier alpha value is -3.81. The molecule has 1 aromatic heterocycles. The molecule has 0 spiro atoms. The lowest BCUT2D eigenvalue weighted by Crippen LogP contribution is -2.05. The summed E-state index contributed by atoms with van der Waals surface area (Å²) in [5.41, 5.74) is 9.54. The van der Waals surface area contributed by atoms with Crippen LogP contribution in [0.5, 0.6) is 5.75 Å². The maximum atomic E-state index is 12.2. The van der Waals surface area contributed by atoms with Gasteiger partial charge < -0.3 is 14.1 Å². The van der Waals surface area contributed by atoms with Crippen LogP contribution in [0.15, 0.2) is 90.8 Å². The molecule has 0 N–H and O–H groups in total. The van der Waals surface area contributed by atoms with Crippen LogP contribution in [-0.4, -0.2) is 18.0 Å². The van der Waals surface area contributed by atoms with Crippen molar-refractivity contribution in [2.24, 2.45) is 12.5 Å². The minimum absolute atomic E-state index is 0.455. The molecule has 0 aliphatic heterocycles. The highest BCUT2D eigenvalue weighted by molar-refractivity contribution is 6.00. The lowest BCUT2D eigenvalue weighted by atomic mass is 9.88. The molecule has 5 rings (SSSR count). The van der Waals surface area contributed by atoms with Crippen molar-refractivity contribution in [3.05, 3.63) is 107 Å². The van der Waals surface area contributed by atoms with Gasteiger partial charge >= 0.3 is 0 Å². The highest BCUT2D eigenvalue weighted by Crippen LogP contribution is 2.54. The summed E-state index contributed by atoms with van der Waals surface area (Å²) in [6.07, 6.45) is 4.97. The zero-order valence-electron chi connectivity index (χ0n) is 18.3. The second-order valence-corrected chi connectivity index (χ2v) is 8.42. The number of allylic oxidation sites excluding steroid dienone is 1. The van der Waals surface area contributed by atoms with Gasteiger partial charge in [0.05, 0.1) is 12.5 Å². The van der Waals surface area contributed by atoms with Gasteiger partial charge in [0.1, 0.15) is 12.0 Å². The third-order valence-electron chi connectivity index (χ3n) is 6.35. The predicted molar refractivity (Wildman–Crippen MR) is 130 cm³/mol. The molecule has 1 fully saturated rings. The second-order valence-electron chi connectivity index (χ2n) is 8.42. The molecule has 158 valence electrons. The standard InChI is InChI=1S/C29H25NO2/c1-30-19-26(25-17-23(32-2)13-14-28(25)30)24(21-9-5-3-6-10-21)18-27(29(20-31)15-16-29)22-11-7-4-8-12-22/h3-14,17,19-20H,15-16H2,1-2H3. The number of aryl methyl sites for hydroxylation is 1. The Morgan fingerprint density at radius 1 is 0.969 bits per heavy atom. The number of hydrogen-bond acceptors (Lipinski definition) is 2. The molecule has 0 bridgehead atoms. The molecular formula is C29H25NO2. The summed E-state index contributed by atoms with van der Waals surface area (Å²) in [7, 11) is 3.74. The fourth-order valence-corrected chi connectivity index (χ4v) is 4.37. The van der Waals surface area contributed by atoms with E-state index in [1.54, 1.807) is 7.11 Å². The van der Waals surface area contributed by atoms with Crippen LogP contribution < -0.4 is 4.74 Å². The lowest BCUT2D eigenvalue weighted by molar-refractivity contribution is -0.110. The van der Waals surface area contributed by atoms with Crippen molar-refractivity contribution in [3.63, 3.8) is 0 Å². The van der Waals surface area contributed by atoms with E-state index in [9.17, 15) is 4.79 Å². The molecule has 3 nitrogen and oxygen atoms in total. The first-order chi connectivity index (χ1) is 15.6. The summed E-state index contributed by atoms with van der Waals surface area (Å²) in [5.74, 6) is 0.816. The van der Waals surface area contributed by atoms with Crippen LogP contribution in [0.1, 0.15) is 29.5 Å². The van der Waals surface area contributed by atoms with Gasteiger partial charge in [0.15, 0.2) is 0 Å². The Labute approximate surface area is 188 Å². The van der Waals surface area contributed by atoms with Crippen LogP contribution in [0.3, 0.4) is 0 Å². The van der Waals surface area contributed by atoms with Gasteiger partial charge in [-0.2, -0.15) is 0 Å². The number of ether oxygens (including phenoxy) is 1. The Balaban J connectivity index is 1.88. The van der Waals surface area contributed by atoms with Gasteiger partial charge in [0, 0.05) is 40.9 Å². The second kappa shape index (κ2) is 8.03. The molecule has 3 aromatic carbocycles. The number of aromatic nitrogens is 1. The number of aldehydes is 1. The van der Waals surface area contributed by atoms with E-state index in [4.69, 9.17) is 4.74 Å². The molecular weight excluding hydrogens is 394 g/mol. The van der Waals surface area contributed by atoms with Crippen LogP contribution in [0.25, 0.3) is 22.0 Å². The average Bonchev–Trinajstić information content (AvgIpc) is 3.58. The maximum Gasteiger partial charge on any atom is 0.131 e. The maximum absolute atomic E-state index is 12.2. The number of methoxy groups -OCH3 is 1. The minimum atomic E-state index is -0.455. The molecule has 32 heavy (non-hydrogen) atoms. The zero-order valence-corrected chi connectivity index (χ0v) is 18.3. The summed E-state index contributed by atoms with van der Waals surface area (Å²) in [5, 5.41) is 1.10. The molecule has 4 aromatic rings. The van der Waals surface area contributed by atoms with Gasteiger partial charge in [-0.3, -0.25) is 0 Å². The Morgan fingerprint density at radius 2 is 1.62 bits per heavy atom. The van der Waals surface area contributed by atoms with Crippen molar-refractivity contribution < 1.29 is 9.53 Å². The number of rotatable bonds is 6. The normalized spacial score (nSPS) is 13.9. The predicted octanol–water partition coefficient (Wildman–Crippen LogP) is 6.28. The third-order valence-corrected chi connectivity index (χ3v) is 6.35. The quantitative estimate of drug-likeness (QED) is 0.272. The van der Waals surface area contributed by atoms with Crippen LogP contribution in [0.4, 0.5) is 0 Å². The van der Waals surface area contributed by atoms with Crippen LogP contribution in [0.2, 0.25) is 0 Å². The first-order valence-corrected chi connectivity index (χ1v) is 10.9. The van der Waals surface area contributed by atoms with Crippen molar-refractivity contribution in [2.45, 2.75) is 12.8 Å². The number of carbonyl (C=O) groups excluding carboxylic acids is 1. The van der Waals surface area contributed by atoms with E-state index in [2.05, 4.69) is 59.9 Å². The van der Waals surface area contributed by atoms with E-state index < -0.39 is 5.41 Å². The number of hydrogen-bond donors (Lipinski definition) is 0. The van der Waals surface area contributed by atoms with Gasteiger partial charge in [0.25, 0.3) is 0 Å². The van der Waals surface area contributed by atoms with Crippen molar-refractivity contribution in [3.8, 4) is 5.75 Å². The molecule has 3 heteroatoms. The molecule has 0 radical (unpaired) electrons. The van der Waals surface area contributed by atoms with Crippen molar-refractivity contribution in [1.82, 2.24) is 4.57 Å². The van der Waals surface area contributed by atoms with Gasteiger partial charge in [-0.25, -0.2) is 0 Å².